The summed E-state index contributed by atoms with van der Waals surface area (Å²) < 4.78 is 0. The van der Waals surface area contributed by atoms with E-state index >= 15 is 0 Å². The first-order valence-electron chi connectivity index (χ1n) is 11.3. The molecular weight excluding hydrogens is 422 g/mol. The van der Waals surface area contributed by atoms with Gasteiger partial charge in [0.25, 0.3) is 0 Å². The summed E-state index contributed by atoms with van der Waals surface area (Å²) in [6.45, 7) is 1.64. The fraction of sp³-hybridized carbons (Fsp3) is 0.111. The normalized spacial score (nSPS) is 13.7. The monoisotopic (exact) mass is 443 g/mol. The maximum Gasteiger partial charge on any atom is 0.160 e. The van der Waals surface area contributed by atoms with E-state index in [1.54, 1.807) is 0 Å². The highest BCUT2D eigenvalue weighted by atomic mass is 15.1. The van der Waals surface area contributed by atoms with Crippen molar-refractivity contribution in [3.63, 3.8) is 0 Å². The van der Waals surface area contributed by atoms with E-state index < -0.39 is 0 Å². The van der Waals surface area contributed by atoms with E-state index in [1.807, 2.05) is 24.7 Å². The van der Waals surface area contributed by atoms with Gasteiger partial charge in [-0.3, -0.25) is 15.0 Å². The number of hydrogen-bond donors (Lipinski definition) is 2. The van der Waals surface area contributed by atoms with Crippen LogP contribution in [0.1, 0.15) is 11.1 Å². The Morgan fingerprint density at radius 3 is 2.76 bits per heavy atom. The van der Waals surface area contributed by atoms with Crippen LogP contribution in [0.5, 0.6) is 0 Å². The number of aromatic nitrogens is 6. The van der Waals surface area contributed by atoms with Crippen LogP contribution in [-0.2, 0) is 13.1 Å². The third kappa shape index (κ3) is 3.09. The first-order valence-corrected chi connectivity index (χ1v) is 11.3. The lowest BCUT2D eigenvalue weighted by atomic mass is 10.0. The zero-order valence-electron chi connectivity index (χ0n) is 18.6. The molecule has 2 N–H and O–H groups in total. The average molecular weight is 444 g/mol. The van der Waals surface area contributed by atoms with Crippen LogP contribution in [0.25, 0.3) is 55.8 Å². The quantitative estimate of drug-likeness (QED) is 0.338. The number of rotatable bonds is 0. The molecule has 4 aromatic heterocycles. The maximum absolute atomic E-state index is 4.96. The van der Waals surface area contributed by atoms with E-state index in [0.29, 0.717) is 5.82 Å². The summed E-state index contributed by atoms with van der Waals surface area (Å²) in [5, 5.41) is 8.75. The molecular formula is C27H21N7. The number of fused-ring (bicyclic) bond motifs is 9. The highest BCUT2D eigenvalue weighted by Crippen LogP contribution is 2.33. The Bertz CT molecular complexity index is 1690. The molecule has 164 valence electrons. The number of nitrogens with one attached hydrogen (secondary N) is 2. The molecule has 0 amide bonds. The van der Waals surface area contributed by atoms with Gasteiger partial charge in [0.05, 0.1) is 5.52 Å². The van der Waals surface area contributed by atoms with E-state index in [9.17, 15) is 0 Å². The lowest BCUT2D eigenvalue weighted by Gasteiger charge is -2.18. The summed E-state index contributed by atoms with van der Waals surface area (Å²) >= 11 is 0. The van der Waals surface area contributed by atoms with Gasteiger partial charge < -0.3 is 4.98 Å². The molecule has 0 saturated heterocycles. The molecule has 7 nitrogen and oxygen atoms in total. The molecule has 0 aliphatic carbocycles. The Hall–Kier alpha value is -4.36. The summed E-state index contributed by atoms with van der Waals surface area (Å²) in [7, 11) is 2.14. The first kappa shape index (κ1) is 19.1. The standard InChI is InChI=1S/C27H21N7/c1-34-14-16-3-2-4-19(9-16)21-7-8-29-26-24(21)30-27(31-26)25-22-11-18(5-6-23(22)32-33-25)20-10-17(15-34)12-28-13-20/h2-13H,14-15H2,1H3,(H,32,33)(H,29,30,31). The van der Waals surface area contributed by atoms with Crippen molar-refractivity contribution in [2.75, 3.05) is 7.05 Å². The van der Waals surface area contributed by atoms with Crippen LogP contribution in [-0.4, -0.2) is 42.1 Å². The lowest BCUT2D eigenvalue weighted by molar-refractivity contribution is 0.319. The zero-order chi connectivity index (χ0) is 22.6. The molecule has 7 heteroatoms. The second kappa shape index (κ2) is 7.33. The van der Waals surface area contributed by atoms with Crippen LogP contribution >= 0.6 is 0 Å². The Labute approximate surface area is 195 Å². The molecule has 0 atom stereocenters. The number of nitrogens with zero attached hydrogens (tertiary/aromatic N) is 5. The summed E-state index contributed by atoms with van der Waals surface area (Å²) in [6, 6.07) is 19.2. The van der Waals surface area contributed by atoms with Gasteiger partial charge in [0, 0.05) is 48.2 Å². The van der Waals surface area contributed by atoms with Crippen molar-refractivity contribution >= 4 is 22.1 Å². The molecule has 8 bridgehead atoms. The molecule has 2 aromatic carbocycles. The molecule has 1 aliphatic heterocycles. The van der Waals surface area contributed by atoms with E-state index in [1.165, 1.54) is 11.1 Å². The molecule has 34 heavy (non-hydrogen) atoms. The number of pyridine rings is 2. The summed E-state index contributed by atoms with van der Waals surface area (Å²) in [5.41, 5.74) is 10.1. The second-order valence-electron chi connectivity index (χ2n) is 8.93. The fourth-order valence-corrected chi connectivity index (χ4v) is 4.88. The molecule has 0 fully saturated rings. The number of hydrogen-bond acceptors (Lipinski definition) is 5. The van der Waals surface area contributed by atoms with Gasteiger partial charge in [-0.05, 0) is 59.6 Å². The van der Waals surface area contributed by atoms with E-state index in [4.69, 9.17) is 4.98 Å². The van der Waals surface area contributed by atoms with Gasteiger partial charge in [-0.15, -0.1) is 0 Å². The van der Waals surface area contributed by atoms with Crippen molar-refractivity contribution in [3.8, 4) is 33.8 Å². The fourth-order valence-electron chi connectivity index (χ4n) is 4.88. The Balaban J connectivity index is 1.51. The molecule has 0 radical (unpaired) electrons. The van der Waals surface area contributed by atoms with Gasteiger partial charge in [-0.1, -0.05) is 24.3 Å². The maximum atomic E-state index is 4.96. The van der Waals surface area contributed by atoms with Crippen LogP contribution in [0.2, 0.25) is 0 Å². The smallest absolute Gasteiger partial charge is 0.160 e. The zero-order valence-corrected chi connectivity index (χ0v) is 18.6. The van der Waals surface area contributed by atoms with Gasteiger partial charge in [0.15, 0.2) is 11.5 Å². The van der Waals surface area contributed by atoms with E-state index in [2.05, 4.69) is 85.6 Å². The van der Waals surface area contributed by atoms with Gasteiger partial charge in [0.2, 0.25) is 0 Å². The number of H-pyrrole nitrogens is 2. The number of aromatic amines is 2. The molecule has 0 spiro atoms. The molecule has 5 heterocycles. The minimum absolute atomic E-state index is 0.699. The van der Waals surface area contributed by atoms with Crippen LogP contribution in [0.4, 0.5) is 0 Å². The van der Waals surface area contributed by atoms with Crippen molar-refractivity contribution in [3.05, 3.63) is 84.3 Å². The molecule has 1 aliphatic rings. The molecule has 0 saturated carbocycles. The Kier molecular flexibility index (Phi) is 4.13. The van der Waals surface area contributed by atoms with Crippen LogP contribution in [0.15, 0.2) is 73.2 Å². The number of benzene rings is 2. The van der Waals surface area contributed by atoms with Gasteiger partial charge >= 0.3 is 0 Å². The van der Waals surface area contributed by atoms with E-state index in [-0.39, 0.29) is 0 Å². The van der Waals surface area contributed by atoms with Gasteiger partial charge in [-0.2, -0.15) is 5.10 Å². The predicted molar refractivity (Wildman–Crippen MR) is 133 cm³/mol. The van der Waals surface area contributed by atoms with Gasteiger partial charge in [-0.25, -0.2) is 9.97 Å². The first-order chi connectivity index (χ1) is 16.7. The topological polar surface area (TPSA) is 86.4 Å². The van der Waals surface area contributed by atoms with Crippen molar-refractivity contribution in [2.45, 2.75) is 13.1 Å². The molecule has 0 unspecified atom stereocenters. The third-order valence-corrected chi connectivity index (χ3v) is 6.44. The van der Waals surface area contributed by atoms with Crippen LogP contribution in [0, 0.1) is 0 Å². The average Bonchev–Trinajstić information content (AvgIpc) is 3.47. The van der Waals surface area contributed by atoms with Crippen molar-refractivity contribution in [1.29, 1.82) is 0 Å². The summed E-state index contributed by atoms with van der Waals surface area (Å²) in [5.74, 6) is 0.699. The minimum Gasteiger partial charge on any atom is -0.321 e. The highest BCUT2D eigenvalue weighted by Gasteiger charge is 2.17. The largest absolute Gasteiger partial charge is 0.321 e. The van der Waals surface area contributed by atoms with Crippen molar-refractivity contribution in [2.24, 2.45) is 0 Å². The third-order valence-electron chi connectivity index (χ3n) is 6.44. The Morgan fingerprint density at radius 1 is 0.882 bits per heavy atom. The highest BCUT2D eigenvalue weighted by molar-refractivity contribution is 5.97. The number of imidazole rings is 1. The minimum atomic E-state index is 0.699. The van der Waals surface area contributed by atoms with Crippen molar-refractivity contribution in [1.82, 2.24) is 35.0 Å². The lowest BCUT2D eigenvalue weighted by Crippen LogP contribution is -2.17. The van der Waals surface area contributed by atoms with Crippen molar-refractivity contribution < 1.29 is 0 Å². The van der Waals surface area contributed by atoms with Crippen LogP contribution in [0.3, 0.4) is 0 Å². The SMILES string of the molecule is CN1Cc2cncc(c2)-c2ccc3[nH]nc(c3c2)-c2nc3c(ccnc3[nH]2)-c2cccc(c2)C1. The summed E-state index contributed by atoms with van der Waals surface area (Å²) in [6.07, 6.45) is 5.70. The Morgan fingerprint density at radius 2 is 1.79 bits per heavy atom. The second-order valence-corrected chi connectivity index (χ2v) is 8.93. The van der Waals surface area contributed by atoms with Crippen LogP contribution < -0.4 is 0 Å². The molecule has 6 aromatic rings. The van der Waals surface area contributed by atoms with Gasteiger partial charge in [0.1, 0.15) is 11.2 Å². The predicted octanol–water partition coefficient (Wildman–Crippen LogP) is 5.18. The molecule has 7 rings (SSSR count). The van der Waals surface area contributed by atoms with E-state index in [0.717, 1.165) is 63.1 Å². The summed E-state index contributed by atoms with van der Waals surface area (Å²) in [4.78, 5) is 19.7.